The molecule has 0 unspecified atom stereocenters. The second-order valence-electron chi connectivity index (χ2n) is 6.50. The van der Waals surface area contributed by atoms with Crippen molar-refractivity contribution in [3.8, 4) is 0 Å². The molecule has 0 aromatic heterocycles. The van der Waals surface area contributed by atoms with Gasteiger partial charge in [0.05, 0.1) is 17.5 Å². The number of aliphatic imine (C=N–C) groups is 1. The lowest BCUT2D eigenvalue weighted by Gasteiger charge is -2.34. The zero-order valence-corrected chi connectivity index (χ0v) is 17.0. The molecule has 152 valence electrons. The zero-order valence-electron chi connectivity index (χ0n) is 16.2. The molecule has 0 saturated carbocycles. The van der Waals surface area contributed by atoms with E-state index >= 15 is 0 Å². The smallest absolute Gasteiger partial charge is 0.234 e. The lowest BCUT2D eigenvalue weighted by atomic mass is 10.1. The largest absolute Gasteiger partial charge is 0.378 e. The number of halogens is 1. The molecule has 27 heavy (non-hydrogen) atoms. The Labute approximate surface area is 161 Å². The van der Waals surface area contributed by atoms with Crippen LogP contribution < -0.4 is 10.0 Å². The minimum absolute atomic E-state index is 0.142. The van der Waals surface area contributed by atoms with Gasteiger partial charge in [-0.05, 0) is 44.4 Å². The number of aryl methyl sites for hydroxylation is 1. The Hall–Kier alpha value is -1.87. The molecule has 1 fully saturated rings. The third-order valence-electron chi connectivity index (χ3n) is 4.45. The van der Waals surface area contributed by atoms with Crippen LogP contribution in [0.2, 0.25) is 0 Å². The number of sulfonamides is 1. The molecule has 0 radical (unpaired) electrons. The highest BCUT2D eigenvalue weighted by Gasteiger charge is 2.22. The van der Waals surface area contributed by atoms with Crippen molar-refractivity contribution >= 4 is 21.7 Å². The van der Waals surface area contributed by atoms with Crippen molar-refractivity contribution in [2.45, 2.75) is 32.8 Å². The van der Waals surface area contributed by atoms with Crippen LogP contribution in [-0.4, -0.2) is 64.4 Å². The number of piperidine rings is 1. The van der Waals surface area contributed by atoms with Gasteiger partial charge in [0.2, 0.25) is 10.0 Å². The second kappa shape index (κ2) is 9.89. The van der Waals surface area contributed by atoms with Crippen LogP contribution in [0.1, 0.15) is 25.3 Å². The molecule has 1 heterocycles. The van der Waals surface area contributed by atoms with Crippen molar-refractivity contribution in [1.29, 1.82) is 0 Å². The molecule has 1 saturated heterocycles. The summed E-state index contributed by atoms with van der Waals surface area (Å²) >= 11 is 0. The van der Waals surface area contributed by atoms with Gasteiger partial charge in [-0.15, -0.1) is 0 Å². The predicted molar refractivity (Wildman–Crippen MR) is 106 cm³/mol. The lowest BCUT2D eigenvalue weighted by Crippen LogP contribution is -2.48. The average molecular weight is 401 g/mol. The van der Waals surface area contributed by atoms with E-state index in [4.69, 9.17) is 4.74 Å². The third-order valence-corrected chi connectivity index (χ3v) is 5.74. The summed E-state index contributed by atoms with van der Waals surface area (Å²) in [5.74, 6) is 0.0995. The highest BCUT2D eigenvalue weighted by atomic mass is 32.2. The fraction of sp³-hybridized carbons (Fsp3) is 0.611. The molecule has 0 spiro atoms. The van der Waals surface area contributed by atoms with E-state index in [0.29, 0.717) is 18.1 Å². The monoisotopic (exact) mass is 400 g/mol. The Kier molecular flexibility index (Phi) is 7.85. The van der Waals surface area contributed by atoms with Crippen molar-refractivity contribution in [2.75, 3.05) is 43.8 Å². The van der Waals surface area contributed by atoms with E-state index in [0.717, 1.165) is 25.9 Å². The minimum Gasteiger partial charge on any atom is -0.378 e. The van der Waals surface area contributed by atoms with Gasteiger partial charge in [0.15, 0.2) is 5.96 Å². The summed E-state index contributed by atoms with van der Waals surface area (Å²) < 4.78 is 46.0. The van der Waals surface area contributed by atoms with Gasteiger partial charge in [-0.1, -0.05) is 6.07 Å². The summed E-state index contributed by atoms with van der Waals surface area (Å²) in [4.78, 5) is 6.34. The molecule has 2 rings (SSSR count). The first kappa shape index (κ1) is 21.4. The number of guanidine groups is 1. The number of nitrogens with zero attached hydrogens (tertiary/aromatic N) is 2. The van der Waals surface area contributed by atoms with Crippen molar-refractivity contribution in [3.63, 3.8) is 0 Å². The fourth-order valence-corrected chi connectivity index (χ4v) is 3.95. The predicted octanol–water partition coefficient (Wildman–Crippen LogP) is 1.95. The molecular weight excluding hydrogens is 371 g/mol. The number of anilines is 1. The van der Waals surface area contributed by atoms with Crippen LogP contribution in [0.5, 0.6) is 0 Å². The van der Waals surface area contributed by atoms with E-state index in [1.807, 2.05) is 6.92 Å². The molecule has 2 N–H and O–H groups in total. The van der Waals surface area contributed by atoms with E-state index in [2.05, 4.69) is 19.9 Å². The van der Waals surface area contributed by atoms with Gasteiger partial charge >= 0.3 is 0 Å². The van der Waals surface area contributed by atoms with E-state index < -0.39 is 15.8 Å². The summed E-state index contributed by atoms with van der Waals surface area (Å²) in [6.07, 6.45) is 2.13. The van der Waals surface area contributed by atoms with E-state index in [1.165, 1.54) is 6.07 Å². The molecule has 0 aliphatic carbocycles. The molecule has 1 aromatic carbocycles. The first-order chi connectivity index (χ1) is 12.8. The van der Waals surface area contributed by atoms with Gasteiger partial charge in [-0.25, -0.2) is 12.8 Å². The molecule has 0 atom stereocenters. The van der Waals surface area contributed by atoms with Gasteiger partial charge in [-0.2, -0.15) is 0 Å². The van der Waals surface area contributed by atoms with Crippen LogP contribution in [0.25, 0.3) is 0 Å². The number of hydrogen-bond acceptors (Lipinski definition) is 4. The Morgan fingerprint density at radius 3 is 2.67 bits per heavy atom. The van der Waals surface area contributed by atoms with Crippen LogP contribution in [0.15, 0.2) is 23.2 Å². The molecule has 9 heteroatoms. The lowest BCUT2D eigenvalue weighted by molar-refractivity contribution is 0.0264. The fourth-order valence-electron chi connectivity index (χ4n) is 2.99. The number of rotatable bonds is 7. The van der Waals surface area contributed by atoms with Crippen LogP contribution in [0, 0.1) is 12.7 Å². The molecule has 1 aliphatic rings. The molecule has 1 aromatic rings. The van der Waals surface area contributed by atoms with Crippen molar-refractivity contribution in [1.82, 2.24) is 10.2 Å². The summed E-state index contributed by atoms with van der Waals surface area (Å²) in [6.45, 7) is 6.18. The standard InChI is InChI=1S/C18H29FN4O3S/c1-4-26-16-7-10-23(11-8-16)18(20-3)21-9-12-27(24,25)22-15-6-5-14(2)17(19)13-15/h5-6,13,16,22H,4,7-12H2,1-3H3,(H,20,21). The minimum atomic E-state index is -3.59. The van der Waals surface area contributed by atoms with Crippen LogP contribution >= 0.6 is 0 Å². The quantitative estimate of drug-likeness (QED) is 0.540. The highest BCUT2D eigenvalue weighted by Crippen LogP contribution is 2.15. The van der Waals surface area contributed by atoms with Gasteiger partial charge in [0, 0.05) is 33.3 Å². The topological polar surface area (TPSA) is 83.0 Å². The third kappa shape index (κ3) is 6.66. The normalized spacial score (nSPS) is 16.4. The Morgan fingerprint density at radius 2 is 2.07 bits per heavy atom. The average Bonchev–Trinajstić information content (AvgIpc) is 2.63. The maximum Gasteiger partial charge on any atom is 0.234 e. The SMILES string of the molecule is CCOC1CCN(C(=NC)NCCS(=O)(=O)Nc2ccc(C)c(F)c2)CC1. The van der Waals surface area contributed by atoms with Crippen molar-refractivity contribution < 1.29 is 17.5 Å². The van der Waals surface area contributed by atoms with Gasteiger partial charge in [-0.3, -0.25) is 9.71 Å². The number of benzene rings is 1. The van der Waals surface area contributed by atoms with Gasteiger partial charge < -0.3 is 15.0 Å². The number of hydrogen-bond donors (Lipinski definition) is 2. The Bertz CT molecular complexity index is 747. The molecular formula is C18H29FN4O3S. The first-order valence-electron chi connectivity index (χ1n) is 9.18. The number of nitrogens with one attached hydrogen (secondary N) is 2. The van der Waals surface area contributed by atoms with E-state index in [1.54, 1.807) is 26.1 Å². The van der Waals surface area contributed by atoms with E-state index in [9.17, 15) is 12.8 Å². The molecule has 7 nitrogen and oxygen atoms in total. The number of likely N-dealkylation sites (tertiary alicyclic amines) is 1. The summed E-state index contributed by atoms with van der Waals surface area (Å²) in [5.41, 5.74) is 0.692. The maximum absolute atomic E-state index is 13.6. The first-order valence-corrected chi connectivity index (χ1v) is 10.8. The highest BCUT2D eigenvalue weighted by molar-refractivity contribution is 7.92. The molecule has 0 amide bonds. The van der Waals surface area contributed by atoms with Crippen molar-refractivity contribution in [3.05, 3.63) is 29.6 Å². The maximum atomic E-state index is 13.6. The van der Waals surface area contributed by atoms with Crippen LogP contribution in [0.3, 0.4) is 0 Å². The van der Waals surface area contributed by atoms with E-state index in [-0.39, 0.29) is 24.1 Å². The molecule has 0 bridgehead atoms. The summed E-state index contributed by atoms with van der Waals surface area (Å²) in [6, 6.07) is 4.27. The van der Waals surface area contributed by atoms with Crippen LogP contribution in [0.4, 0.5) is 10.1 Å². The zero-order chi connectivity index (χ0) is 19.9. The van der Waals surface area contributed by atoms with Gasteiger partial charge in [0.1, 0.15) is 5.82 Å². The van der Waals surface area contributed by atoms with Crippen LogP contribution in [-0.2, 0) is 14.8 Å². The van der Waals surface area contributed by atoms with Crippen molar-refractivity contribution in [2.24, 2.45) is 4.99 Å². The van der Waals surface area contributed by atoms with Gasteiger partial charge in [0.25, 0.3) is 0 Å². The summed E-state index contributed by atoms with van der Waals surface area (Å²) in [7, 11) is -1.91. The molecule has 1 aliphatic heterocycles. The number of ether oxygens (including phenoxy) is 1. The second-order valence-corrected chi connectivity index (χ2v) is 8.34. The Balaban J connectivity index is 1.82. The summed E-state index contributed by atoms with van der Waals surface area (Å²) in [5, 5.41) is 3.09. The Morgan fingerprint density at radius 1 is 1.37 bits per heavy atom.